The molecule has 3 aromatic rings. The second-order valence-corrected chi connectivity index (χ2v) is 9.03. The fraction of sp³-hybridized carbons (Fsp3) is 0.400. The lowest BCUT2D eigenvalue weighted by molar-refractivity contribution is -0.137. The van der Waals surface area contributed by atoms with Crippen molar-refractivity contribution in [3.8, 4) is 0 Å². The van der Waals surface area contributed by atoms with Gasteiger partial charge >= 0.3 is 6.18 Å². The number of carbonyl (C=O) groups is 1. The molecule has 1 aliphatic carbocycles. The van der Waals surface area contributed by atoms with E-state index in [0.29, 0.717) is 11.5 Å². The van der Waals surface area contributed by atoms with E-state index in [-0.39, 0.29) is 17.6 Å². The van der Waals surface area contributed by atoms with Crippen molar-refractivity contribution in [3.05, 3.63) is 59.2 Å². The summed E-state index contributed by atoms with van der Waals surface area (Å²) < 4.78 is 39.3. The molecule has 1 saturated carbocycles. The number of nitrogens with zero attached hydrogens (tertiary/aromatic N) is 3. The fourth-order valence-corrected chi connectivity index (χ4v) is 4.38. The molecule has 0 radical (unpaired) electrons. The Balaban J connectivity index is 1.38. The van der Waals surface area contributed by atoms with Gasteiger partial charge in [-0.05, 0) is 68.5 Å². The van der Waals surface area contributed by atoms with Crippen LogP contribution in [0.3, 0.4) is 0 Å². The second kappa shape index (κ2) is 9.48. The summed E-state index contributed by atoms with van der Waals surface area (Å²) in [6, 6.07) is 11.4. The van der Waals surface area contributed by atoms with E-state index in [2.05, 4.69) is 20.6 Å². The summed E-state index contributed by atoms with van der Waals surface area (Å²) >= 11 is 0. The Morgan fingerprint density at radius 1 is 1.00 bits per heavy atom. The van der Waals surface area contributed by atoms with Gasteiger partial charge in [0.15, 0.2) is 0 Å². The molecule has 180 valence electrons. The lowest BCUT2D eigenvalue weighted by Gasteiger charge is -2.30. The number of hydrogen-bond donors (Lipinski definition) is 2. The number of hydrogen-bond acceptors (Lipinski definition) is 5. The van der Waals surface area contributed by atoms with Gasteiger partial charge < -0.3 is 15.5 Å². The van der Waals surface area contributed by atoms with Crippen molar-refractivity contribution in [2.45, 2.75) is 50.9 Å². The Morgan fingerprint density at radius 2 is 1.68 bits per heavy atom. The summed E-state index contributed by atoms with van der Waals surface area (Å²) in [4.78, 5) is 23.9. The van der Waals surface area contributed by atoms with Crippen LogP contribution in [0.5, 0.6) is 0 Å². The van der Waals surface area contributed by atoms with Crippen molar-refractivity contribution in [3.63, 3.8) is 0 Å². The van der Waals surface area contributed by atoms with Gasteiger partial charge in [0.1, 0.15) is 5.82 Å². The molecule has 0 bridgehead atoms. The lowest BCUT2D eigenvalue weighted by atomic mass is 9.91. The van der Waals surface area contributed by atoms with Crippen molar-refractivity contribution in [1.82, 2.24) is 15.3 Å². The van der Waals surface area contributed by atoms with E-state index in [1.165, 1.54) is 6.07 Å². The quantitative estimate of drug-likeness (QED) is 0.537. The minimum absolute atomic E-state index is 0.0355. The van der Waals surface area contributed by atoms with Gasteiger partial charge in [-0.2, -0.15) is 18.2 Å². The predicted molar refractivity (Wildman–Crippen MR) is 127 cm³/mol. The Morgan fingerprint density at radius 3 is 2.35 bits per heavy atom. The molecule has 0 aliphatic heterocycles. The molecule has 1 aliphatic rings. The highest BCUT2D eigenvalue weighted by Crippen LogP contribution is 2.31. The van der Waals surface area contributed by atoms with Gasteiger partial charge in [-0.3, -0.25) is 4.79 Å². The number of para-hydroxylation sites is 1. The maximum Gasteiger partial charge on any atom is 0.416 e. The number of aryl methyl sites for hydroxylation is 1. The average Bonchev–Trinajstić information content (AvgIpc) is 2.78. The third kappa shape index (κ3) is 5.40. The first-order valence-corrected chi connectivity index (χ1v) is 11.3. The number of amides is 1. The number of rotatable bonds is 5. The van der Waals surface area contributed by atoms with Crippen molar-refractivity contribution in [1.29, 1.82) is 0 Å². The van der Waals surface area contributed by atoms with Gasteiger partial charge in [-0.25, -0.2) is 4.98 Å². The van der Waals surface area contributed by atoms with Crippen LogP contribution in [-0.2, 0) is 6.18 Å². The molecule has 0 unspecified atom stereocenters. The van der Waals surface area contributed by atoms with Gasteiger partial charge in [-0.1, -0.05) is 12.1 Å². The molecule has 1 heterocycles. The third-order valence-electron chi connectivity index (χ3n) is 6.07. The zero-order valence-electron chi connectivity index (χ0n) is 19.4. The summed E-state index contributed by atoms with van der Waals surface area (Å²) in [5.74, 6) is 0.929. The molecule has 1 aromatic heterocycles. The molecule has 9 heteroatoms. The highest BCUT2D eigenvalue weighted by atomic mass is 19.4. The molecule has 1 amide bonds. The first kappa shape index (κ1) is 23.8. The van der Waals surface area contributed by atoms with Gasteiger partial charge in [0.25, 0.3) is 5.91 Å². The van der Waals surface area contributed by atoms with E-state index >= 15 is 0 Å². The molecule has 4 rings (SSSR count). The van der Waals surface area contributed by atoms with Gasteiger partial charge in [0, 0.05) is 37.1 Å². The van der Waals surface area contributed by atoms with Crippen LogP contribution < -0.4 is 15.5 Å². The standard InChI is InChI=1S/C25H28F3N5O/c1-15-12-16(14-17(13-15)25(26,27)28)23(34)29-18-8-10-19(11-9-18)30-24-31-21-7-5-4-6-20(21)22(32-24)33(2)3/h4-7,12-14,18-19H,8-11H2,1-3H3,(H,29,34)(H,30,31,32)/t18-,19+. The van der Waals surface area contributed by atoms with Gasteiger partial charge in [0.2, 0.25) is 5.95 Å². The summed E-state index contributed by atoms with van der Waals surface area (Å²) in [7, 11) is 3.89. The maximum absolute atomic E-state index is 13.1. The van der Waals surface area contributed by atoms with E-state index < -0.39 is 17.6 Å². The second-order valence-electron chi connectivity index (χ2n) is 9.03. The van der Waals surface area contributed by atoms with Crippen LogP contribution in [0.2, 0.25) is 0 Å². The molecule has 0 spiro atoms. The molecule has 2 N–H and O–H groups in total. The van der Waals surface area contributed by atoms with Crippen LogP contribution in [0.1, 0.15) is 47.2 Å². The zero-order valence-corrected chi connectivity index (χ0v) is 19.4. The molecule has 1 fully saturated rings. The van der Waals surface area contributed by atoms with Crippen molar-refractivity contribution in [2.24, 2.45) is 0 Å². The average molecular weight is 472 g/mol. The van der Waals surface area contributed by atoms with Gasteiger partial charge in [0.05, 0.1) is 11.1 Å². The predicted octanol–water partition coefficient (Wildman–Crippen LogP) is 5.18. The number of anilines is 2. The van der Waals surface area contributed by atoms with E-state index in [4.69, 9.17) is 0 Å². The Hall–Kier alpha value is -3.36. The van der Waals surface area contributed by atoms with Crippen LogP contribution in [0.15, 0.2) is 42.5 Å². The maximum atomic E-state index is 13.1. The summed E-state index contributed by atoms with van der Waals surface area (Å²) in [6.45, 7) is 1.56. The smallest absolute Gasteiger partial charge is 0.362 e. The summed E-state index contributed by atoms with van der Waals surface area (Å²) in [5, 5.41) is 7.30. The van der Waals surface area contributed by atoms with Crippen LogP contribution in [0.4, 0.5) is 24.9 Å². The van der Waals surface area contributed by atoms with E-state index in [9.17, 15) is 18.0 Å². The van der Waals surface area contributed by atoms with E-state index in [1.54, 1.807) is 6.92 Å². The molecule has 6 nitrogen and oxygen atoms in total. The molecule has 0 saturated heterocycles. The van der Waals surface area contributed by atoms with E-state index in [1.807, 2.05) is 43.3 Å². The fourth-order valence-electron chi connectivity index (χ4n) is 4.38. The first-order valence-electron chi connectivity index (χ1n) is 11.3. The normalized spacial score (nSPS) is 18.5. The number of benzene rings is 2. The Kier molecular flexibility index (Phi) is 6.63. The van der Waals surface area contributed by atoms with Crippen LogP contribution >= 0.6 is 0 Å². The molecular formula is C25H28F3N5O. The summed E-state index contributed by atoms with van der Waals surface area (Å²) in [5.41, 5.74) is 0.493. The van der Waals surface area contributed by atoms with Crippen LogP contribution in [0, 0.1) is 6.92 Å². The van der Waals surface area contributed by atoms with Crippen LogP contribution in [-0.4, -0.2) is 42.1 Å². The monoisotopic (exact) mass is 471 g/mol. The number of aromatic nitrogens is 2. The number of nitrogens with one attached hydrogen (secondary N) is 2. The number of alkyl halides is 3. The largest absolute Gasteiger partial charge is 0.416 e. The first-order chi connectivity index (χ1) is 16.1. The summed E-state index contributed by atoms with van der Waals surface area (Å²) in [6.07, 6.45) is -1.47. The molecule has 34 heavy (non-hydrogen) atoms. The topological polar surface area (TPSA) is 70.2 Å². The van der Waals surface area contributed by atoms with Crippen molar-refractivity contribution >= 4 is 28.6 Å². The van der Waals surface area contributed by atoms with Gasteiger partial charge in [-0.15, -0.1) is 0 Å². The zero-order chi connectivity index (χ0) is 24.5. The minimum Gasteiger partial charge on any atom is -0.362 e. The third-order valence-corrected chi connectivity index (χ3v) is 6.07. The molecular weight excluding hydrogens is 443 g/mol. The molecule has 2 aromatic carbocycles. The highest BCUT2D eigenvalue weighted by Gasteiger charge is 2.32. The van der Waals surface area contributed by atoms with Crippen molar-refractivity contribution in [2.75, 3.05) is 24.3 Å². The Labute approximate surface area is 196 Å². The molecule has 0 atom stereocenters. The van der Waals surface area contributed by atoms with Crippen molar-refractivity contribution < 1.29 is 18.0 Å². The lowest BCUT2D eigenvalue weighted by Crippen LogP contribution is -2.40. The number of fused-ring (bicyclic) bond motifs is 1. The number of halogens is 3. The van der Waals surface area contributed by atoms with Crippen LogP contribution in [0.25, 0.3) is 10.9 Å². The highest BCUT2D eigenvalue weighted by molar-refractivity contribution is 5.95. The minimum atomic E-state index is -4.48. The SMILES string of the molecule is Cc1cc(C(=O)N[C@H]2CC[C@@H](Nc3nc(N(C)C)c4ccccc4n3)CC2)cc(C(F)(F)F)c1. The van der Waals surface area contributed by atoms with E-state index in [0.717, 1.165) is 54.5 Å². The number of carbonyl (C=O) groups excluding carboxylic acids is 1. The Bertz CT molecular complexity index is 1190.